The van der Waals surface area contributed by atoms with Crippen molar-refractivity contribution in [1.82, 2.24) is 5.32 Å². The summed E-state index contributed by atoms with van der Waals surface area (Å²) < 4.78 is 19.9. The van der Waals surface area contributed by atoms with E-state index in [9.17, 15) is 14.3 Å². The molecule has 1 heterocycles. The summed E-state index contributed by atoms with van der Waals surface area (Å²) in [5, 5.41) is 12.8. The summed E-state index contributed by atoms with van der Waals surface area (Å²) in [6.07, 6.45) is 0.834. The minimum absolute atomic E-state index is 0.201. The highest BCUT2D eigenvalue weighted by Crippen LogP contribution is 2.33. The maximum Gasteiger partial charge on any atom is 0.346 e. The molecule has 21 heavy (non-hydrogen) atoms. The first-order chi connectivity index (χ1) is 10.1. The molecular formula is C15H18FNO3S. The summed E-state index contributed by atoms with van der Waals surface area (Å²) in [7, 11) is 0. The minimum Gasteiger partial charge on any atom is -0.477 e. The molecule has 1 aromatic carbocycles. The number of aromatic carboxylic acids is 1. The number of carboxylic acid groups (broad SMARTS) is 1. The number of carbonyl (C=O) groups is 1. The van der Waals surface area contributed by atoms with Crippen molar-refractivity contribution in [1.29, 1.82) is 0 Å². The fourth-order valence-electron chi connectivity index (χ4n) is 2.17. The highest BCUT2D eigenvalue weighted by molar-refractivity contribution is 7.21. The van der Waals surface area contributed by atoms with Gasteiger partial charge in [0.15, 0.2) is 0 Å². The van der Waals surface area contributed by atoms with E-state index >= 15 is 0 Å². The third kappa shape index (κ3) is 3.78. The number of nitrogens with one attached hydrogen (secondary N) is 1. The van der Waals surface area contributed by atoms with Gasteiger partial charge in [-0.1, -0.05) is 6.07 Å². The van der Waals surface area contributed by atoms with E-state index in [2.05, 4.69) is 5.32 Å². The molecule has 0 atom stereocenters. The van der Waals surface area contributed by atoms with Gasteiger partial charge in [-0.05, 0) is 32.0 Å². The van der Waals surface area contributed by atoms with Gasteiger partial charge in [0.2, 0.25) is 0 Å². The molecule has 114 valence electrons. The van der Waals surface area contributed by atoms with Crippen molar-refractivity contribution in [3.05, 3.63) is 34.5 Å². The molecule has 2 rings (SSSR count). The van der Waals surface area contributed by atoms with E-state index in [-0.39, 0.29) is 10.7 Å². The molecule has 0 amide bonds. The quantitative estimate of drug-likeness (QED) is 0.735. The Kier molecular flexibility index (Phi) is 5.67. The predicted molar refractivity (Wildman–Crippen MR) is 81.6 cm³/mol. The zero-order valence-electron chi connectivity index (χ0n) is 11.8. The molecule has 0 radical (unpaired) electrons. The van der Waals surface area contributed by atoms with Crippen molar-refractivity contribution in [2.24, 2.45) is 0 Å². The summed E-state index contributed by atoms with van der Waals surface area (Å²) in [5.41, 5.74) is 0.525. The standard InChI is InChI=1S/C15H18FNO3S/c1-2-20-8-4-7-17-9-10-13-11(16)5-3-6-12(13)21-14(10)15(18)19/h3,5-6,17H,2,4,7-9H2,1H3,(H,18,19). The molecule has 0 aliphatic heterocycles. The molecule has 4 nitrogen and oxygen atoms in total. The Bertz CT molecular complexity index is 627. The molecule has 1 aromatic heterocycles. The number of hydrogen-bond donors (Lipinski definition) is 2. The molecular weight excluding hydrogens is 293 g/mol. The predicted octanol–water partition coefficient (Wildman–Crippen LogP) is 3.25. The van der Waals surface area contributed by atoms with Crippen LogP contribution in [0.25, 0.3) is 10.1 Å². The molecule has 0 saturated heterocycles. The van der Waals surface area contributed by atoms with Gasteiger partial charge in [-0.3, -0.25) is 0 Å². The van der Waals surface area contributed by atoms with Crippen LogP contribution in [0.4, 0.5) is 4.39 Å². The molecule has 2 N–H and O–H groups in total. The first-order valence-corrected chi connectivity index (χ1v) is 7.68. The SMILES string of the molecule is CCOCCCNCc1c(C(=O)O)sc2cccc(F)c12. The number of fused-ring (bicyclic) bond motifs is 1. The van der Waals surface area contributed by atoms with Crippen LogP contribution in [0.2, 0.25) is 0 Å². The largest absolute Gasteiger partial charge is 0.477 e. The lowest BCUT2D eigenvalue weighted by Gasteiger charge is -2.06. The van der Waals surface area contributed by atoms with Crippen molar-refractivity contribution in [2.75, 3.05) is 19.8 Å². The van der Waals surface area contributed by atoms with Crippen LogP contribution >= 0.6 is 11.3 Å². The van der Waals surface area contributed by atoms with E-state index < -0.39 is 5.97 Å². The maximum absolute atomic E-state index is 14.0. The average molecular weight is 311 g/mol. The fourth-order valence-corrected chi connectivity index (χ4v) is 3.24. The van der Waals surface area contributed by atoms with Gasteiger partial charge in [0.05, 0.1) is 0 Å². The Morgan fingerprint density at radius 1 is 1.48 bits per heavy atom. The summed E-state index contributed by atoms with van der Waals surface area (Å²) in [6, 6.07) is 4.70. The van der Waals surface area contributed by atoms with Crippen LogP contribution in [0.15, 0.2) is 18.2 Å². The lowest BCUT2D eigenvalue weighted by molar-refractivity contribution is 0.0701. The monoisotopic (exact) mass is 311 g/mol. The second kappa shape index (κ2) is 7.49. The van der Waals surface area contributed by atoms with Crippen LogP contribution in [-0.2, 0) is 11.3 Å². The van der Waals surface area contributed by atoms with Gasteiger partial charge >= 0.3 is 5.97 Å². The zero-order valence-corrected chi connectivity index (χ0v) is 12.6. The minimum atomic E-state index is -1.01. The van der Waals surface area contributed by atoms with E-state index in [1.165, 1.54) is 6.07 Å². The third-order valence-electron chi connectivity index (χ3n) is 3.11. The van der Waals surface area contributed by atoms with Crippen LogP contribution in [-0.4, -0.2) is 30.8 Å². The molecule has 2 aromatic rings. The summed E-state index contributed by atoms with van der Waals surface area (Å²) >= 11 is 1.11. The average Bonchev–Trinajstić information content (AvgIpc) is 2.83. The van der Waals surface area contributed by atoms with Crippen molar-refractivity contribution in [3.8, 4) is 0 Å². The molecule has 0 aliphatic carbocycles. The van der Waals surface area contributed by atoms with E-state index in [1.54, 1.807) is 12.1 Å². The van der Waals surface area contributed by atoms with E-state index in [4.69, 9.17) is 4.74 Å². The van der Waals surface area contributed by atoms with Gasteiger partial charge in [-0.15, -0.1) is 11.3 Å². The van der Waals surface area contributed by atoms with E-state index in [0.717, 1.165) is 17.8 Å². The number of rotatable bonds is 8. The fraction of sp³-hybridized carbons (Fsp3) is 0.400. The number of benzene rings is 1. The van der Waals surface area contributed by atoms with E-state index in [0.29, 0.717) is 42.0 Å². The van der Waals surface area contributed by atoms with Gasteiger partial charge in [0.1, 0.15) is 10.7 Å². The summed E-state index contributed by atoms with van der Waals surface area (Å²) in [4.78, 5) is 11.5. The van der Waals surface area contributed by atoms with Gasteiger partial charge in [0, 0.05) is 35.4 Å². The van der Waals surface area contributed by atoms with Crippen LogP contribution in [0.3, 0.4) is 0 Å². The highest BCUT2D eigenvalue weighted by atomic mass is 32.1. The normalized spacial score (nSPS) is 11.1. The second-order valence-corrected chi connectivity index (χ2v) is 5.61. The highest BCUT2D eigenvalue weighted by Gasteiger charge is 2.19. The lowest BCUT2D eigenvalue weighted by atomic mass is 10.1. The van der Waals surface area contributed by atoms with Crippen LogP contribution in [0.1, 0.15) is 28.6 Å². The maximum atomic E-state index is 14.0. The molecule has 0 saturated carbocycles. The van der Waals surface area contributed by atoms with Gasteiger partial charge in [-0.2, -0.15) is 0 Å². The Balaban J connectivity index is 2.13. The van der Waals surface area contributed by atoms with E-state index in [1.807, 2.05) is 6.92 Å². The molecule has 0 unspecified atom stereocenters. The first kappa shape index (κ1) is 15.9. The smallest absolute Gasteiger partial charge is 0.346 e. The number of halogens is 1. The molecule has 0 fully saturated rings. The first-order valence-electron chi connectivity index (χ1n) is 6.86. The third-order valence-corrected chi connectivity index (χ3v) is 4.29. The van der Waals surface area contributed by atoms with Crippen LogP contribution < -0.4 is 5.32 Å². The molecule has 0 aliphatic rings. The Morgan fingerprint density at radius 3 is 3.00 bits per heavy atom. The van der Waals surface area contributed by atoms with Gasteiger partial charge < -0.3 is 15.2 Å². The Morgan fingerprint density at radius 2 is 2.29 bits per heavy atom. The van der Waals surface area contributed by atoms with Gasteiger partial charge in [0.25, 0.3) is 0 Å². The number of thiophene rings is 1. The number of hydrogen-bond acceptors (Lipinski definition) is 4. The van der Waals surface area contributed by atoms with Crippen LogP contribution in [0.5, 0.6) is 0 Å². The Hall–Kier alpha value is -1.50. The molecule has 6 heteroatoms. The van der Waals surface area contributed by atoms with Crippen molar-refractivity contribution >= 4 is 27.4 Å². The zero-order chi connectivity index (χ0) is 15.2. The lowest BCUT2D eigenvalue weighted by Crippen LogP contribution is -2.17. The summed E-state index contributed by atoms with van der Waals surface area (Å²) in [6.45, 7) is 4.32. The number of carboxylic acids is 1. The molecule has 0 spiro atoms. The van der Waals surface area contributed by atoms with Gasteiger partial charge in [-0.25, -0.2) is 9.18 Å². The Labute approximate surface area is 126 Å². The molecule has 0 bridgehead atoms. The van der Waals surface area contributed by atoms with Crippen LogP contribution in [0, 0.1) is 5.82 Å². The number of ether oxygens (including phenoxy) is 1. The van der Waals surface area contributed by atoms with Crippen molar-refractivity contribution < 1.29 is 19.0 Å². The second-order valence-electron chi connectivity index (χ2n) is 4.56. The van der Waals surface area contributed by atoms with Crippen molar-refractivity contribution in [2.45, 2.75) is 19.9 Å². The topological polar surface area (TPSA) is 58.6 Å². The summed E-state index contributed by atoms with van der Waals surface area (Å²) in [5.74, 6) is -1.39. The van der Waals surface area contributed by atoms with Crippen molar-refractivity contribution in [3.63, 3.8) is 0 Å².